The quantitative estimate of drug-likeness (QED) is 0.652. The van der Waals surface area contributed by atoms with Gasteiger partial charge in [0.25, 0.3) is 0 Å². The first kappa shape index (κ1) is 13.4. The molecule has 1 atom stereocenters. The van der Waals surface area contributed by atoms with Gasteiger partial charge in [-0.1, -0.05) is 36.2 Å². The first-order chi connectivity index (χ1) is 5.97. The summed E-state index contributed by atoms with van der Waals surface area (Å²) in [6, 6.07) is 0. The first-order valence-electron chi connectivity index (χ1n) is 5.25. The lowest BCUT2D eigenvalue weighted by Crippen LogP contribution is -2.43. The summed E-state index contributed by atoms with van der Waals surface area (Å²) in [6.45, 7) is 10.3. The lowest BCUT2D eigenvalue weighted by atomic mass is 9.98. The molecule has 1 unspecified atom stereocenters. The molecule has 13 heavy (non-hydrogen) atoms. The van der Waals surface area contributed by atoms with Crippen LogP contribution in [0.1, 0.15) is 40.5 Å². The molecule has 0 aliphatic rings. The van der Waals surface area contributed by atoms with E-state index < -0.39 is 0 Å². The van der Waals surface area contributed by atoms with Crippen molar-refractivity contribution in [1.29, 1.82) is 0 Å². The molecule has 0 N–H and O–H groups in total. The van der Waals surface area contributed by atoms with Gasteiger partial charge in [-0.25, -0.2) is 0 Å². The van der Waals surface area contributed by atoms with Crippen molar-refractivity contribution >= 4 is 15.9 Å². The molecule has 0 saturated heterocycles. The van der Waals surface area contributed by atoms with E-state index >= 15 is 0 Å². The molecular weight excluding hydrogens is 226 g/mol. The highest BCUT2D eigenvalue weighted by Crippen LogP contribution is 2.19. The maximum absolute atomic E-state index is 3.57. The second-order valence-electron chi connectivity index (χ2n) is 4.48. The van der Waals surface area contributed by atoms with Gasteiger partial charge < -0.3 is 4.90 Å². The molecule has 0 fully saturated rings. The zero-order valence-electron chi connectivity index (χ0n) is 9.73. The molecule has 0 aromatic rings. The molecule has 2 heteroatoms. The van der Waals surface area contributed by atoms with Gasteiger partial charge in [0, 0.05) is 17.4 Å². The molecule has 0 aliphatic heterocycles. The maximum Gasteiger partial charge on any atom is 0.0147 e. The number of rotatable bonds is 6. The number of halogens is 1. The summed E-state index contributed by atoms with van der Waals surface area (Å²) < 4.78 is 0. The maximum atomic E-state index is 3.57. The van der Waals surface area contributed by atoms with Gasteiger partial charge in [0.2, 0.25) is 0 Å². The summed E-state index contributed by atoms with van der Waals surface area (Å²) in [7, 11) is 2.23. The van der Waals surface area contributed by atoms with E-state index in [1.807, 2.05) is 0 Å². The fourth-order valence-corrected chi connectivity index (χ4v) is 1.85. The fraction of sp³-hybridized carbons (Fsp3) is 1.00. The molecule has 0 aromatic carbocycles. The van der Waals surface area contributed by atoms with E-state index in [1.165, 1.54) is 19.4 Å². The van der Waals surface area contributed by atoms with Crippen molar-refractivity contribution in [1.82, 2.24) is 4.90 Å². The lowest BCUT2D eigenvalue weighted by molar-refractivity contribution is 0.131. The smallest absolute Gasteiger partial charge is 0.0147 e. The average Bonchev–Trinajstić information content (AvgIpc) is 2.13. The minimum atomic E-state index is 0.343. The van der Waals surface area contributed by atoms with Crippen LogP contribution in [0, 0.1) is 5.92 Å². The number of hydrogen-bond donors (Lipinski definition) is 0. The van der Waals surface area contributed by atoms with Gasteiger partial charge in [-0.05, 0) is 33.2 Å². The standard InChI is InChI=1S/C11H24BrN/c1-6-10(8-12)9-13(5)11(3,4)7-2/h10H,6-9H2,1-5H3. The van der Waals surface area contributed by atoms with E-state index in [0.29, 0.717) is 5.54 Å². The number of hydrogen-bond acceptors (Lipinski definition) is 1. The molecule has 0 aliphatic carbocycles. The van der Waals surface area contributed by atoms with Gasteiger partial charge in [0.15, 0.2) is 0 Å². The van der Waals surface area contributed by atoms with Crippen LogP contribution < -0.4 is 0 Å². The molecular formula is C11H24BrN. The van der Waals surface area contributed by atoms with E-state index in [2.05, 4.69) is 55.6 Å². The predicted molar refractivity (Wildman–Crippen MR) is 64.6 cm³/mol. The molecule has 0 amide bonds. The Labute approximate surface area is 92.0 Å². The van der Waals surface area contributed by atoms with Crippen LogP contribution in [-0.2, 0) is 0 Å². The summed E-state index contributed by atoms with van der Waals surface area (Å²) in [4.78, 5) is 2.47. The molecule has 0 aromatic heterocycles. The van der Waals surface area contributed by atoms with Gasteiger partial charge in [-0.15, -0.1) is 0 Å². The Hall–Kier alpha value is 0.440. The molecule has 0 radical (unpaired) electrons. The summed E-state index contributed by atoms with van der Waals surface area (Å²) in [5.74, 6) is 0.788. The molecule has 0 bridgehead atoms. The number of alkyl halides is 1. The van der Waals surface area contributed by atoms with Crippen molar-refractivity contribution in [2.24, 2.45) is 5.92 Å². The second-order valence-corrected chi connectivity index (χ2v) is 5.12. The highest BCUT2D eigenvalue weighted by atomic mass is 79.9. The minimum absolute atomic E-state index is 0.343. The highest BCUT2D eigenvalue weighted by molar-refractivity contribution is 9.09. The zero-order chi connectivity index (χ0) is 10.5. The van der Waals surface area contributed by atoms with Crippen molar-refractivity contribution in [3.05, 3.63) is 0 Å². The zero-order valence-corrected chi connectivity index (χ0v) is 11.3. The van der Waals surface area contributed by atoms with Gasteiger partial charge in [0.05, 0.1) is 0 Å². The Kier molecular flexibility index (Phi) is 6.23. The van der Waals surface area contributed by atoms with Gasteiger partial charge in [0.1, 0.15) is 0 Å². The monoisotopic (exact) mass is 249 g/mol. The first-order valence-corrected chi connectivity index (χ1v) is 6.37. The average molecular weight is 250 g/mol. The Balaban J connectivity index is 4.04. The van der Waals surface area contributed by atoms with Crippen molar-refractivity contribution in [3.63, 3.8) is 0 Å². The van der Waals surface area contributed by atoms with Crippen LogP contribution in [0.15, 0.2) is 0 Å². The summed E-state index contributed by atoms with van der Waals surface area (Å²) in [6.07, 6.45) is 2.47. The van der Waals surface area contributed by atoms with Crippen LogP contribution in [0.3, 0.4) is 0 Å². The minimum Gasteiger partial charge on any atom is -0.301 e. The number of nitrogens with zero attached hydrogens (tertiary/aromatic N) is 1. The third-order valence-electron chi connectivity index (χ3n) is 3.23. The molecule has 0 spiro atoms. The van der Waals surface area contributed by atoms with Crippen LogP contribution in [0.25, 0.3) is 0 Å². The third kappa shape index (κ3) is 4.46. The van der Waals surface area contributed by atoms with E-state index in [9.17, 15) is 0 Å². The summed E-state index contributed by atoms with van der Waals surface area (Å²) >= 11 is 3.57. The van der Waals surface area contributed by atoms with E-state index in [1.54, 1.807) is 0 Å². The Morgan fingerprint density at radius 2 is 1.85 bits per heavy atom. The van der Waals surface area contributed by atoms with Crippen molar-refractivity contribution < 1.29 is 0 Å². The van der Waals surface area contributed by atoms with Crippen LogP contribution in [0.2, 0.25) is 0 Å². The van der Waals surface area contributed by atoms with E-state index in [4.69, 9.17) is 0 Å². The summed E-state index contributed by atoms with van der Waals surface area (Å²) in [5, 5.41) is 1.12. The van der Waals surface area contributed by atoms with Gasteiger partial charge in [-0.2, -0.15) is 0 Å². The molecule has 1 nitrogen and oxygen atoms in total. The second kappa shape index (κ2) is 6.02. The topological polar surface area (TPSA) is 3.24 Å². The molecule has 0 rings (SSSR count). The van der Waals surface area contributed by atoms with E-state index in [-0.39, 0.29) is 0 Å². The SMILES string of the molecule is CCC(CBr)CN(C)C(C)(C)CC. The Bertz CT molecular complexity index is 130. The van der Waals surface area contributed by atoms with Gasteiger partial charge >= 0.3 is 0 Å². The van der Waals surface area contributed by atoms with Crippen LogP contribution >= 0.6 is 15.9 Å². The van der Waals surface area contributed by atoms with Crippen LogP contribution in [0.5, 0.6) is 0 Å². The Morgan fingerprint density at radius 1 is 1.31 bits per heavy atom. The van der Waals surface area contributed by atoms with Crippen LogP contribution in [-0.4, -0.2) is 29.4 Å². The highest BCUT2D eigenvalue weighted by Gasteiger charge is 2.22. The van der Waals surface area contributed by atoms with Gasteiger partial charge in [-0.3, -0.25) is 0 Å². The predicted octanol–water partition coefficient (Wildman–Crippen LogP) is 3.53. The largest absolute Gasteiger partial charge is 0.301 e. The van der Waals surface area contributed by atoms with E-state index in [0.717, 1.165) is 11.2 Å². The van der Waals surface area contributed by atoms with Crippen molar-refractivity contribution in [2.45, 2.75) is 46.1 Å². The van der Waals surface area contributed by atoms with Crippen LogP contribution in [0.4, 0.5) is 0 Å². The Morgan fingerprint density at radius 3 is 2.15 bits per heavy atom. The third-order valence-corrected chi connectivity index (χ3v) is 4.14. The lowest BCUT2D eigenvalue weighted by Gasteiger charge is -2.36. The fourth-order valence-electron chi connectivity index (χ4n) is 1.19. The van der Waals surface area contributed by atoms with Crippen molar-refractivity contribution in [3.8, 4) is 0 Å². The summed E-state index contributed by atoms with van der Waals surface area (Å²) in [5.41, 5.74) is 0.343. The molecule has 80 valence electrons. The molecule has 0 heterocycles. The van der Waals surface area contributed by atoms with Crippen molar-refractivity contribution in [2.75, 3.05) is 18.9 Å². The molecule has 0 saturated carbocycles. The normalized spacial score (nSPS) is 15.0.